The first-order chi connectivity index (χ1) is 9.53. The van der Waals surface area contributed by atoms with E-state index >= 15 is 0 Å². The fraction of sp³-hybridized carbons (Fsp3) is 0.923. The minimum Gasteiger partial charge on any atom is -0.444 e. The number of piperazine rings is 1. The summed E-state index contributed by atoms with van der Waals surface area (Å²) >= 11 is 0. The highest BCUT2D eigenvalue weighted by Crippen LogP contribution is 2.37. The molecule has 5 nitrogen and oxygen atoms in total. The zero-order valence-electron chi connectivity index (χ0n) is 14.3. The van der Waals surface area contributed by atoms with E-state index in [1.165, 1.54) is 0 Å². The van der Waals surface area contributed by atoms with Gasteiger partial charge >= 0.3 is 6.09 Å². The Balaban J connectivity index is 2.15. The lowest BCUT2D eigenvalue weighted by Crippen LogP contribution is -2.64. The molecule has 0 aromatic rings. The van der Waals surface area contributed by atoms with E-state index in [1.807, 2.05) is 20.8 Å². The van der Waals surface area contributed by atoms with E-state index < -0.39 is 18.2 Å². The summed E-state index contributed by atoms with van der Waals surface area (Å²) < 4.78 is 32.1. The molecule has 2 aliphatic rings. The van der Waals surface area contributed by atoms with Crippen LogP contribution in [0.15, 0.2) is 0 Å². The fourth-order valence-corrected chi connectivity index (χ4v) is 2.89. The molecule has 0 aromatic heterocycles. The van der Waals surface area contributed by atoms with Gasteiger partial charge in [0, 0.05) is 26.2 Å². The van der Waals surface area contributed by atoms with Gasteiger partial charge in [-0.1, -0.05) is 0 Å². The number of hydrogen-bond donors (Lipinski definition) is 1. The number of ether oxygens (including phenoxy) is 2. The number of nitrogens with one attached hydrogen (secondary N) is 1. The maximum absolute atomic E-state index is 12.5. The first-order valence-electron chi connectivity index (χ1n) is 7.89. The second-order valence-electron chi connectivity index (χ2n) is 6.19. The standard InChI is InChI=1S/C13H24N2O3/c1-12(2,3)18-11(16)15-10-5-6-13(15,9-17-4)8-14-7-10/h10,14H,5-9H2,1-4H3/i4D3. The first-order valence-corrected chi connectivity index (χ1v) is 6.39. The molecule has 0 aliphatic carbocycles. The molecule has 2 unspecified atom stereocenters. The summed E-state index contributed by atoms with van der Waals surface area (Å²) in [6.07, 6.45) is 1.16. The summed E-state index contributed by atoms with van der Waals surface area (Å²) in [6, 6.07) is 0.0359. The first kappa shape index (κ1) is 10.0. The summed E-state index contributed by atoms with van der Waals surface area (Å²) in [5, 5.41) is 3.26. The summed E-state index contributed by atoms with van der Waals surface area (Å²) in [4.78, 5) is 14.2. The minimum atomic E-state index is -2.45. The number of methoxy groups -OCH3 is 1. The number of carbonyl (C=O) groups is 1. The second kappa shape index (κ2) is 4.70. The van der Waals surface area contributed by atoms with Gasteiger partial charge < -0.3 is 14.8 Å². The molecule has 2 saturated heterocycles. The highest BCUT2D eigenvalue weighted by Gasteiger charge is 2.52. The van der Waals surface area contributed by atoms with Crippen molar-refractivity contribution in [3.8, 4) is 0 Å². The largest absolute Gasteiger partial charge is 0.444 e. The summed E-state index contributed by atoms with van der Waals surface area (Å²) in [7, 11) is -2.45. The molecule has 0 radical (unpaired) electrons. The number of hydrogen-bond acceptors (Lipinski definition) is 4. The molecule has 2 aliphatic heterocycles. The zero-order valence-corrected chi connectivity index (χ0v) is 11.3. The van der Waals surface area contributed by atoms with Crippen LogP contribution in [0.1, 0.15) is 37.7 Å². The molecule has 18 heavy (non-hydrogen) atoms. The van der Waals surface area contributed by atoms with Crippen molar-refractivity contribution in [2.75, 3.05) is 26.7 Å². The van der Waals surface area contributed by atoms with Crippen molar-refractivity contribution in [3.05, 3.63) is 0 Å². The second-order valence-corrected chi connectivity index (χ2v) is 6.19. The van der Waals surface area contributed by atoms with Crippen molar-refractivity contribution in [1.29, 1.82) is 0 Å². The van der Waals surface area contributed by atoms with Crippen LogP contribution in [0.5, 0.6) is 0 Å². The predicted molar refractivity (Wildman–Crippen MR) is 68.6 cm³/mol. The average molecular weight is 259 g/mol. The zero-order chi connectivity index (χ0) is 15.9. The van der Waals surface area contributed by atoms with E-state index in [1.54, 1.807) is 4.90 Å². The van der Waals surface area contributed by atoms with Crippen molar-refractivity contribution in [2.24, 2.45) is 0 Å². The van der Waals surface area contributed by atoms with Crippen LogP contribution in [0.25, 0.3) is 0 Å². The van der Waals surface area contributed by atoms with Crippen LogP contribution in [0, 0.1) is 0 Å². The van der Waals surface area contributed by atoms with E-state index in [2.05, 4.69) is 5.32 Å². The molecule has 1 amide bonds. The van der Waals surface area contributed by atoms with Gasteiger partial charge in [0.25, 0.3) is 0 Å². The molecule has 2 bridgehead atoms. The van der Waals surface area contributed by atoms with Gasteiger partial charge in [-0.05, 0) is 33.6 Å². The highest BCUT2D eigenvalue weighted by molar-refractivity contribution is 5.70. The van der Waals surface area contributed by atoms with Gasteiger partial charge in [0.1, 0.15) is 5.60 Å². The molecule has 5 heteroatoms. The summed E-state index contributed by atoms with van der Waals surface area (Å²) in [6.45, 7) is 6.68. The van der Waals surface area contributed by atoms with Gasteiger partial charge in [0.2, 0.25) is 0 Å². The topological polar surface area (TPSA) is 50.8 Å². The van der Waals surface area contributed by atoms with Gasteiger partial charge in [0.15, 0.2) is 0 Å². The van der Waals surface area contributed by atoms with Gasteiger partial charge in [-0.25, -0.2) is 4.79 Å². The Kier molecular flexibility index (Phi) is 2.62. The molecule has 104 valence electrons. The van der Waals surface area contributed by atoms with Crippen LogP contribution < -0.4 is 5.32 Å². The molecular formula is C13H24N2O3. The fourth-order valence-electron chi connectivity index (χ4n) is 2.89. The SMILES string of the molecule is [2H]C([2H])([2H])OCC12CCC(CNC1)N2C(=O)OC(C)(C)C. The minimum absolute atomic E-state index is 0.00770. The lowest BCUT2D eigenvalue weighted by atomic mass is 9.97. The van der Waals surface area contributed by atoms with Crippen molar-refractivity contribution in [1.82, 2.24) is 10.2 Å². The van der Waals surface area contributed by atoms with Crippen LogP contribution in [0.4, 0.5) is 4.79 Å². The number of carbonyl (C=O) groups excluding carboxylic acids is 1. The maximum Gasteiger partial charge on any atom is 0.411 e. The van der Waals surface area contributed by atoms with E-state index in [9.17, 15) is 4.79 Å². The van der Waals surface area contributed by atoms with Crippen LogP contribution in [-0.2, 0) is 9.47 Å². The Hall–Kier alpha value is -0.810. The number of rotatable bonds is 2. The van der Waals surface area contributed by atoms with E-state index in [0.717, 1.165) is 12.8 Å². The number of amides is 1. The normalized spacial score (nSPS) is 34.7. The van der Waals surface area contributed by atoms with E-state index in [4.69, 9.17) is 13.6 Å². The number of fused-ring (bicyclic) bond motifs is 2. The van der Waals surface area contributed by atoms with Crippen molar-refractivity contribution in [3.63, 3.8) is 0 Å². The Morgan fingerprint density at radius 1 is 1.61 bits per heavy atom. The highest BCUT2D eigenvalue weighted by atomic mass is 16.6. The molecule has 2 atom stereocenters. The average Bonchev–Trinajstić information content (AvgIpc) is 2.52. The molecule has 2 fully saturated rings. The van der Waals surface area contributed by atoms with E-state index in [0.29, 0.717) is 13.1 Å². The Bertz CT molecular complexity index is 404. The number of nitrogens with zero attached hydrogens (tertiary/aromatic N) is 1. The van der Waals surface area contributed by atoms with Crippen LogP contribution in [0.3, 0.4) is 0 Å². The van der Waals surface area contributed by atoms with Gasteiger partial charge in [-0.15, -0.1) is 0 Å². The molecule has 0 saturated carbocycles. The van der Waals surface area contributed by atoms with Gasteiger partial charge in [-0.3, -0.25) is 4.90 Å². The van der Waals surface area contributed by atoms with Gasteiger partial charge in [-0.2, -0.15) is 0 Å². The maximum atomic E-state index is 12.5. The smallest absolute Gasteiger partial charge is 0.411 e. The quantitative estimate of drug-likeness (QED) is 0.814. The predicted octanol–water partition coefficient (Wildman–Crippen LogP) is 1.37. The van der Waals surface area contributed by atoms with Crippen molar-refractivity contribution < 1.29 is 18.4 Å². The van der Waals surface area contributed by atoms with Crippen LogP contribution in [-0.4, -0.2) is 54.9 Å². The Labute approximate surface area is 113 Å². The molecular weight excluding hydrogens is 232 g/mol. The van der Waals surface area contributed by atoms with E-state index in [-0.39, 0.29) is 18.7 Å². The molecule has 1 N–H and O–H groups in total. The molecule has 2 rings (SSSR count). The third-order valence-electron chi connectivity index (χ3n) is 3.58. The monoisotopic (exact) mass is 259 g/mol. The molecule has 2 heterocycles. The van der Waals surface area contributed by atoms with Crippen LogP contribution >= 0.6 is 0 Å². The Morgan fingerprint density at radius 3 is 3.06 bits per heavy atom. The Morgan fingerprint density at radius 2 is 2.39 bits per heavy atom. The summed E-state index contributed by atoms with van der Waals surface area (Å²) in [5.74, 6) is 0. The van der Waals surface area contributed by atoms with Crippen molar-refractivity contribution in [2.45, 2.75) is 50.8 Å². The molecule has 0 spiro atoms. The molecule has 0 aromatic carbocycles. The van der Waals surface area contributed by atoms with Crippen LogP contribution in [0.2, 0.25) is 0 Å². The van der Waals surface area contributed by atoms with Gasteiger partial charge in [0.05, 0.1) is 16.3 Å². The van der Waals surface area contributed by atoms with Crippen molar-refractivity contribution >= 4 is 6.09 Å². The third-order valence-corrected chi connectivity index (χ3v) is 3.58. The summed E-state index contributed by atoms with van der Waals surface area (Å²) in [5.41, 5.74) is -1.20. The third kappa shape index (κ3) is 2.47. The lowest BCUT2D eigenvalue weighted by Gasteiger charge is -2.44. The lowest BCUT2D eigenvalue weighted by molar-refractivity contribution is -0.0305.